The third-order valence-electron chi connectivity index (χ3n) is 0.899. The van der Waals surface area contributed by atoms with Crippen molar-refractivity contribution in [2.45, 2.75) is 34.1 Å². The summed E-state index contributed by atoms with van der Waals surface area (Å²) in [5.41, 5.74) is 0. The Hall–Kier alpha value is -0.920. The standard InChI is InChI=1S/C5H8O.C4H8O/c1-3-4-5(2)6;1-3-4(2)5/h3-4H,1-2H3;3H2,1-2H3. The molecule has 0 aliphatic heterocycles. The molecule has 64 valence electrons. The highest BCUT2D eigenvalue weighted by atomic mass is 16.1. The van der Waals surface area contributed by atoms with Crippen molar-refractivity contribution in [3.63, 3.8) is 0 Å². The van der Waals surface area contributed by atoms with Gasteiger partial charge in [-0.05, 0) is 26.8 Å². The van der Waals surface area contributed by atoms with Gasteiger partial charge in [0, 0.05) is 6.42 Å². The number of carbonyl (C=O) groups excluding carboxylic acids is 2. The van der Waals surface area contributed by atoms with E-state index in [-0.39, 0.29) is 11.6 Å². The van der Waals surface area contributed by atoms with E-state index in [2.05, 4.69) is 0 Å². The predicted molar refractivity (Wildman–Crippen MR) is 46.5 cm³/mol. The second-order valence-corrected chi connectivity index (χ2v) is 2.17. The second-order valence-electron chi connectivity index (χ2n) is 2.17. The Balaban J connectivity index is 0. The first kappa shape index (κ1) is 12.7. The second kappa shape index (κ2) is 9.08. The Bertz CT molecular complexity index is 146. The first-order valence-corrected chi connectivity index (χ1v) is 3.67. The van der Waals surface area contributed by atoms with Crippen LogP contribution in [0.25, 0.3) is 0 Å². The maximum Gasteiger partial charge on any atom is 0.152 e. The number of ketones is 2. The molecule has 0 rings (SSSR count). The van der Waals surface area contributed by atoms with Crippen LogP contribution in [-0.2, 0) is 9.59 Å². The highest BCUT2D eigenvalue weighted by Crippen LogP contribution is 1.71. The van der Waals surface area contributed by atoms with Crippen molar-refractivity contribution < 1.29 is 9.59 Å². The molecule has 0 fully saturated rings. The lowest BCUT2D eigenvalue weighted by atomic mass is 10.4. The summed E-state index contributed by atoms with van der Waals surface area (Å²) < 4.78 is 0. The van der Waals surface area contributed by atoms with E-state index in [1.807, 2.05) is 13.8 Å². The van der Waals surface area contributed by atoms with Crippen molar-refractivity contribution in [3.05, 3.63) is 12.2 Å². The van der Waals surface area contributed by atoms with Gasteiger partial charge in [0.15, 0.2) is 5.78 Å². The van der Waals surface area contributed by atoms with Gasteiger partial charge in [0.1, 0.15) is 5.78 Å². The van der Waals surface area contributed by atoms with Crippen molar-refractivity contribution in [1.29, 1.82) is 0 Å². The SMILES string of the molecule is CC=CC(C)=O.CCC(C)=O. The van der Waals surface area contributed by atoms with Crippen LogP contribution in [0.2, 0.25) is 0 Å². The quantitative estimate of drug-likeness (QED) is 0.574. The van der Waals surface area contributed by atoms with Crippen LogP contribution in [0.4, 0.5) is 0 Å². The molecule has 0 amide bonds. The summed E-state index contributed by atoms with van der Waals surface area (Å²) in [7, 11) is 0. The number of Topliss-reactive ketones (excluding diaryl/α,β-unsaturated/α-hetero) is 1. The summed E-state index contributed by atoms with van der Waals surface area (Å²) in [5.74, 6) is 0.363. The van der Waals surface area contributed by atoms with E-state index in [1.165, 1.54) is 13.0 Å². The summed E-state index contributed by atoms with van der Waals surface area (Å²) in [5, 5.41) is 0. The molecule has 0 saturated carbocycles. The summed E-state index contributed by atoms with van der Waals surface area (Å²) >= 11 is 0. The average molecular weight is 156 g/mol. The molecule has 0 bridgehead atoms. The summed E-state index contributed by atoms with van der Waals surface area (Å²) in [6.07, 6.45) is 3.92. The van der Waals surface area contributed by atoms with Gasteiger partial charge in [-0.25, -0.2) is 0 Å². The lowest BCUT2D eigenvalue weighted by Crippen LogP contribution is -1.80. The number of hydrogen-bond acceptors (Lipinski definition) is 2. The van der Waals surface area contributed by atoms with Crippen LogP contribution in [0.3, 0.4) is 0 Å². The van der Waals surface area contributed by atoms with E-state index < -0.39 is 0 Å². The van der Waals surface area contributed by atoms with E-state index in [0.29, 0.717) is 6.42 Å². The first-order valence-electron chi connectivity index (χ1n) is 3.67. The van der Waals surface area contributed by atoms with Crippen LogP contribution in [0.15, 0.2) is 12.2 Å². The lowest BCUT2D eigenvalue weighted by Gasteiger charge is -1.71. The van der Waals surface area contributed by atoms with Crippen molar-refractivity contribution >= 4 is 11.6 Å². The predicted octanol–water partition coefficient (Wildman–Crippen LogP) is 2.14. The van der Waals surface area contributed by atoms with Gasteiger partial charge < -0.3 is 4.79 Å². The van der Waals surface area contributed by atoms with Crippen LogP contribution in [-0.4, -0.2) is 11.6 Å². The summed E-state index contributed by atoms with van der Waals surface area (Å²) in [6.45, 7) is 6.78. The van der Waals surface area contributed by atoms with Crippen LogP contribution in [0, 0.1) is 0 Å². The molecule has 2 nitrogen and oxygen atoms in total. The number of rotatable bonds is 2. The highest BCUT2D eigenvalue weighted by Gasteiger charge is 1.76. The number of carbonyl (C=O) groups is 2. The van der Waals surface area contributed by atoms with Crippen LogP contribution in [0.5, 0.6) is 0 Å². The van der Waals surface area contributed by atoms with Crippen LogP contribution < -0.4 is 0 Å². The molecule has 11 heavy (non-hydrogen) atoms. The Morgan fingerprint density at radius 1 is 1.27 bits per heavy atom. The lowest BCUT2D eigenvalue weighted by molar-refractivity contribution is -0.116. The molecule has 2 heteroatoms. The van der Waals surface area contributed by atoms with Crippen molar-refractivity contribution in [2.24, 2.45) is 0 Å². The van der Waals surface area contributed by atoms with E-state index in [9.17, 15) is 9.59 Å². The molecule has 0 aliphatic rings. The number of hydrogen-bond donors (Lipinski definition) is 0. The zero-order valence-corrected chi connectivity index (χ0v) is 7.68. The van der Waals surface area contributed by atoms with Crippen molar-refractivity contribution in [2.75, 3.05) is 0 Å². The van der Waals surface area contributed by atoms with E-state index in [0.717, 1.165) is 0 Å². The Morgan fingerprint density at radius 2 is 1.64 bits per heavy atom. The van der Waals surface area contributed by atoms with Crippen LogP contribution >= 0.6 is 0 Å². The fourth-order valence-corrected chi connectivity index (χ4v) is 0.235. The normalized spacial score (nSPS) is 8.73. The molecule has 0 aliphatic carbocycles. The zero-order chi connectivity index (χ0) is 9.28. The maximum absolute atomic E-state index is 9.96. The van der Waals surface area contributed by atoms with Gasteiger partial charge in [-0.15, -0.1) is 0 Å². The molecule has 0 aromatic heterocycles. The van der Waals surface area contributed by atoms with E-state index >= 15 is 0 Å². The van der Waals surface area contributed by atoms with Gasteiger partial charge >= 0.3 is 0 Å². The topological polar surface area (TPSA) is 34.1 Å². The van der Waals surface area contributed by atoms with Crippen molar-refractivity contribution in [3.8, 4) is 0 Å². The summed E-state index contributed by atoms with van der Waals surface area (Å²) in [6, 6.07) is 0. The first-order chi connectivity index (χ1) is 5.04. The largest absolute Gasteiger partial charge is 0.300 e. The third-order valence-corrected chi connectivity index (χ3v) is 0.899. The minimum atomic E-state index is 0.109. The zero-order valence-electron chi connectivity index (χ0n) is 7.68. The fourth-order valence-electron chi connectivity index (χ4n) is 0.235. The van der Waals surface area contributed by atoms with Gasteiger partial charge in [0.05, 0.1) is 0 Å². The summed E-state index contributed by atoms with van der Waals surface area (Å²) in [4.78, 5) is 19.8. The van der Waals surface area contributed by atoms with Gasteiger partial charge in [-0.2, -0.15) is 0 Å². The van der Waals surface area contributed by atoms with Gasteiger partial charge in [-0.3, -0.25) is 4.79 Å². The Kier molecular flexibility index (Phi) is 10.5. The van der Waals surface area contributed by atoms with Gasteiger partial charge in [-0.1, -0.05) is 13.0 Å². The van der Waals surface area contributed by atoms with Crippen LogP contribution in [0.1, 0.15) is 34.1 Å². The number of allylic oxidation sites excluding steroid dienone is 2. The fraction of sp³-hybridized carbons (Fsp3) is 0.556. The molecule has 0 unspecified atom stereocenters. The molecular weight excluding hydrogens is 140 g/mol. The minimum Gasteiger partial charge on any atom is -0.300 e. The molecule has 0 radical (unpaired) electrons. The van der Waals surface area contributed by atoms with E-state index in [1.54, 1.807) is 13.0 Å². The maximum atomic E-state index is 9.96. The smallest absolute Gasteiger partial charge is 0.152 e. The molecule has 0 spiro atoms. The third kappa shape index (κ3) is 27.3. The Morgan fingerprint density at radius 3 is 1.64 bits per heavy atom. The highest BCUT2D eigenvalue weighted by molar-refractivity contribution is 5.87. The van der Waals surface area contributed by atoms with E-state index in [4.69, 9.17) is 0 Å². The molecule has 0 heterocycles. The molecule has 0 saturated heterocycles. The monoisotopic (exact) mass is 156 g/mol. The Labute approximate surface area is 68.3 Å². The van der Waals surface area contributed by atoms with Crippen molar-refractivity contribution in [1.82, 2.24) is 0 Å². The molecule has 0 N–H and O–H groups in total. The van der Waals surface area contributed by atoms with Gasteiger partial charge in [0.2, 0.25) is 0 Å². The molecule has 0 aromatic rings. The minimum absolute atomic E-state index is 0.109. The molecule has 0 atom stereocenters. The van der Waals surface area contributed by atoms with Gasteiger partial charge in [0.25, 0.3) is 0 Å². The average Bonchev–Trinajstić information content (AvgIpc) is 1.89. The molecular formula is C9H16O2. The molecule has 0 aromatic carbocycles.